The van der Waals surface area contributed by atoms with E-state index in [-0.39, 0.29) is 18.4 Å². The predicted molar refractivity (Wildman–Crippen MR) is 142 cm³/mol. The molecule has 0 radical (unpaired) electrons. The Kier molecular flexibility index (Phi) is 7.06. The minimum Gasteiger partial charge on any atom is -0.497 e. The second kappa shape index (κ2) is 10.2. The van der Waals surface area contributed by atoms with E-state index in [0.29, 0.717) is 33.5 Å². The normalized spacial score (nSPS) is 18.2. The average molecular weight is 570 g/mol. The number of halogens is 4. The van der Waals surface area contributed by atoms with Crippen LogP contribution < -0.4 is 10.1 Å². The van der Waals surface area contributed by atoms with Crippen molar-refractivity contribution < 1.29 is 36.4 Å². The van der Waals surface area contributed by atoms with Gasteiger partial charge in [-0.2, -0.15) is 13.2 Å². The fourth-order valence-electron chi connectivity index (χ4n) is 4.70. The number of alkyl halides is 3. The molecule has 0 spiro atoms. The maximum Gasteiger partial charge on any atom is 0.416 e. The second-order valence-corrected chi connectivity index (χ2v) is 11.1. The highest BCUT2D eigenvalue weighted by molar-refractivity contribution is 7.88. The third-order valence-corrected chi connectivity index (χ3v) is 8.24. The lowest BCUT2D eigenvalue weighted by Gasteiger charge is -2.28. The first-order chi connectivity index (χ1) is 18.9. The molecule has 2 atom stereocenters. The first-order valence-electron chi connectivity index (χ1n) is 12.2. The van der Waals surface area contributed by atoms with Crippen molar-refractivity contribution in [3.05, 3.63) is 94.1 Å². The third kappa shape index (κ3) is 5.53. The van der Waals surface area contributed by atoms with Gasteiger partial charge >= 0.3 is 6.18 Å². The summed E-state index contributed by atoms with van der Waals surface area (Å²) >= 11 is 0. The molecule has 1 saturated carbocycles. The molecule has 10 heteroatoms. The fraction of sp³-hybridized carbons (Fsp3) is 0.233. The summed E-state index contributed by atoms with van der Waals surface area (Å²) in [5.41, 5.74) is -3.47. The zero-order valence-corrected chi connectivity index (χ0v) is 22.0. The quantitative estimate of drug-likeness (QED) is 0.291. The number of carbonyl (C=O) groups is 1. The number of amides is 1. The number of hydrogen-bond acceptors (Lipinski definition) is 4. The SMILES string of the molecule is COc1ccc(C#CC(O)(CC2(c3cc(C(F)(F)F)ccc3F)CC2)C(=O)Nc2ccc3c(c2)C=CS3=O)cc1. The van der Waals surface area contributed by atoms with Crippen molar-refractivity contribution in [2.75, 3.05) is 12.4 Å². The van der Waals surface area contributed by atoms with Gasteiger partial charge in [-0.3, -0.25) is 4.79 Å². The number of methoxy groups -OCH3 is 1. The molecular weight excluding hydrogens is 546 g/mol. The number of carbonyl (C=O) groups excluding carboxylic acids is 1. The van der Waals surface area contributed by atoms with Gasteiger partial charge in [0.05, 0.1) is 28.4 Å². The van der Waals surface area contributed by atoms with Crippen molar-refractivity contribution in [2.24, 2.45) is 0 Å². The van der Waals surface area contributed by atoms with Crippen LogP contribution in [0.4, 0.5) is 23.2 Å². The first kappa shape index (κ1) is 27.6. The molecule has 1 fully saturated rings. The Balaban J connectivity index is 1.50. The van der Waals surface area contributed by atoms with Crippen LogP contribution in [-0.2, 0) is 27.2 Å². The van der Waals surface area contributed by atoms with Crippen LogP contribution in [0.25, 0.3) is 6.08 Å². The third-order valence-electron chi connectivity index (χ3n) is 7.05. The summed E-state index contributed by atoms with van der Waals surface area (Å²) < 4.78 is 72.2. The first-order valence-corrected chi connectivity index (χ1v) is 13.4. The lowest BCUT2D eigenvalue weighted by molar-refractivity contribution is -0.137. The van der Waals surface area contributed by atoms with Crippen LogP contribution in [0.15, 0.2) is 71.0 Å². The molecule has 5 nitrogen and oxygen atoms in total. The molecule has 2 unspecified atom stereocenters. The summed E-state index contributed by atoms with van der Waals surface area (Å²) in [7, 11) is 0.209. The number of rotatable bonds is 6. The van der Waals surface area contributed by atoms with Gasteiger partial charge in [-0.15, -0.1) is 0 Å². The Morgan fingerprint density at radius 3 is 2.48 bits per heavy atom. The van der Waals surface area contributed by atoms with Gasteiger partial charge in [0, 0.05) is 28.5 Å². The number of aliphatic hydroxyl groups is 1. The van der Waals surface area contributed by atoms with Crippen LogP contribution in [0, 0.1) is 17.7 Å². The Morgan fingerprint density at radius 2 is 1.82 bits per heavy atom. The van der Waals surface area contributed by atoms with Gasteiger partial charge < -0.3 is 15.2 Å². The summed E-state index contributed by atoms with van der Waals surface area (Å²) in [5.74, 6) is 4.16. The Hall–Kier alpha value is -3.94. The van der Waals surface area contributed by atoms with Gasteiger partial charge in [0.25, 0.3) is 5.91 Å². The van der Waals surface area contributed by atoms with Gasteiger partial charge in [0.15, 0.2) is 0 Å². The summed E-state index contributed by atoms with van der Waals surface area (Å²) in [6.45, 7) is 0. The molecule has 40 heavy (non-hydrogen) atoms. The molecule has 0 bridgehead atoms. The maximum atomic E-state index is 14.9. The number of hydrogen-bond donors (Lipinski definition) is 2. The van der Waals surface area contributed by atoms with Crippen LogP contribution in [0.3, 0.4) is 0 Å². The number of benzene rings is 3. The summed E-state index contributed by atoms with van der Waals surface area (Å²) in [4.78, 5) is 14.1. The van der Waals surface area contributed by atoms with Gasteiger partial charge in [0.2, 0.25) is 5.60 Å². The van der Waals surface area contributed by atoms with Gasteiger partial charge in [-0.1, -0.05) is 11.8 Å². The van der Waals surface area contributed by atoms with Crippen molar-refractivity contribution in [1.29, 1.82) is 0 Å². The molecule has 1 amide bonds. The van der Waals surface area contributed by atoms with Gasteiger partial charge in [-0.25, -0.2) is 8.60 Å². The molecule has 5 rings (SSSR count). The van der Waals surface area contributed by atoms with E-state index in [1.54, 1.807) is 42.5 Å². The minimum atomic E-state index is -4.69. The van der Waals surface area contributed by atoms with Crippen molar-refractivity contribution in [2.45, 2.75) is 41.4 Å². The molecule has 2 aliphatic rings. The van der Waals surface area contributed by atoms with Crippen molar-refractivity contribution >= 4 is 28.5 Å². The van der Waals surface area contributed by atoms with E-state index in [1.165, 1.54) is 18.6 Å². The Bertz CT molecular complexity index is 1600. The molecule has 0 saturated heterocycles. The second-order valence-electron chi connectivity index (χ2n) is 9.80. The molecule has 3 aromatic rings. The number of anilines is 1. The topological polar surface area (TPSA) is 75.6 Å². The van der Waals surface area contributed by atoms with Gasteiger partial charge in [0.1, 0.15) is 11.6 Å². The van der Waals surface area contributed by atoms with E-state index < -0.39 is 51.7 Å². The summed E-state index contributed by atoms with van der Waals surface area (Å²) in [6.07, 6.45) is -2.94. The number of nitrogens with one attached hydrogen (secondary N) is 1. The standard InChI is InChI=1S/C30H23F4NO4S/c1-39-23-6-2-19(3-7-23)10-12-29(37,27(36)35-22-5-9-26-20(16-22)11-15-40(26)38)18-28(13-14-28)24-17-21(30(32,33)34)4-8-25(24)31/h2-9,11,15-17,37H,13-14,18H2,1H3,(H,35,36). The molecule has 1 aliphatic heterocycles. The zero-order valence-electron chi connectivity index (χ0n) is 21.1. The molecule has 3 aromatic carbocycles. The van der Waals surface area contributed by atoms with Crippen LogP contribution >= 0.6 is 0 Å². The van der Waals surface area contributed by atoms with Crippen LogP contribution in [0.1, 0.15) is 41.5 Å². The lowest BCUT2D eigenvalue weighted by atomic mass is 9.81. The molecule has 0 aromatic heterocycles. The van der Waals surface area contributed by atoms with E-state index >= 15 is 0 Å². The van der Waals surface area contributed by atoms with Crippen molar-refractivity contribution in [3.63, 3.8) is 0 Å². The van der Waals surface area contributed by atoms with Crippen LogP contribution in [0.2, 0.25) is 0 Å². The number of fused-ring (bicyclic) bond motifs is 1. The van der Waals surface area contributed by atoms with E-state index in [4.69, 9.17) is 4.74 Å². The molecule has 1 heterocycles. The monoisotopic (exact) mass is 569 g/mol. The zero-order chi connectivity index (χ0) is 28.7. The van der Waals surface area contributed by atoms with Crippen LogP contribution in [-0.4, -0.2) is 27.9 Å². The van der Waals surface area contributed by atoms with E-state index in [2.05, 4.69) is 17.2 Å². The predicted octanol–water partition coefficient (Wildman–Crippen LogP) is 5.79. The van der Waals surface area contributed by atoms with Crippen LogP contribution in [0.5, 0.6) is 5.75 Å². The fourth-order valence-corrected chi connectivity index (χ4v) is 5.68. The molecule has 206 valence electrons. The van der Waals surface area contributed by atoms with E-state index in [9.17, 15) is 31.7 Å². The van der Waals surface area contributed by atoms with Crippen molar-refractivity contribution in [1.82, 2.24) is 0 Å². The highest BCUT2D eigenvalue weighted by Gasteiger charge is 2.54. The largest absolute Gasteiger partial charge is 0.497 e. The molecule has 2 N–H and O–H groups in total. The Labute approximate surface area is 230 Å². The number of ether oxygens (including phenoxy) is 1. The van der Waals surface area contributed by atoms with Crippen molar-refractivity contribution in [3.8, 4) is 17.6 Å². The highest BCUT2D eigenvalue weighted by atomic mass is 32.2. The molecular formula is C30H23F4NO4S. The Morgan fingerprint density at radius 1 is 1.10 bits per heavy atom. The summed E-state index contributed by atoms with van der Waals surface area (Å²) in [6, 6.07) is 13.4. The lowest BCUT2D eigenvalue weighted by Crippen LogP contribution is -2.44. The minimum absolute atomic E-state index is 0.218. The van der Waals surface area contributed by atoms with Gasteiger partial charge in [-0.05, 0) is 90.7 Å². The maximum absolute atomic E-state index is 14.9. The van der Waals surface area contributed by atoms with E-state index in [0.717, 1.165) is 12.1 Å². The smallest absolute Gasteiger partial charge is 0.416 e. The van der Waals surface area contributed by atoms with E-state index in [1.807, 2.05) is 0 Å². The summed E-state index contributed by atoms with van der Waals surface area (Å²) in [5, 5.41) is 15.8. The highest BCUT2D eigenvalue weighted by Crippen LogP contribution is 2.55. The average Bonchev–Trinajstić information content (AvgIpc) is 3.60. The molecule has 1 aliphatic carbocycles.